The van der Waals surface area contributed by atoms with Crippen LogP contribution in [0.15, 0.2) is 18.2 Å². The van der Waals surface area contributed by atoms with Crippen LogP contribution < -0.4 is 10.1 Å². The Morgan fingerprint density at radius 3 is 3.08 bits per heavy atom. The van der Waals surface area contributed by atoms with E-state index in [-0.39, 0.29) is 12.4 Å². The summed E-state index contributed by atoms with van der Waals surface area (Å²) in [5.41, 5.74) is 1.14. The minimum absolute atomic E-state index is 0. The molecule has 13 heavy (non-hydrogen) atoms. The Morgan fingerprint density at radius 2 is 2.23 bits per heavy atom. The first-order chi connectivity index (χ1) is 5.88. The standard InChI is InChI=1S/C9H10ClNO.ClH/c10-8-3-1-2-7-6-11-4-5-12-9(7)8;/h1-3,11H,4-6H2;1H. The highest BCUT2D eigenvalue weighted by molar-refractivity contribution is 6.32. The van der Waals surface area contributed by atoms with Gasteiger partial charge in [0.2, 0.25) is 0 Å². The summed E-state index contributed by atoms with van der Waals surface area (Å²) < 4.78 is 5.48. The topological polar surface area (TPSA) is 21.3 Å². The van der Waals surface area contributed by atoms with E-state index < -0.39 is 0 Å². The number of para-hydroxylation sites is 1. The van der Waals surface area contributed by atoms with Crippen LogP contribution in [0.4, 0.5) is 0 Å². The lowest BCUT2D eigenvalue weighted by atomic mass is 10.2. The minimum Gasteiger partial charge on any atom is -0.490 e. The van der Waals surface area contributed by atoms with Gasteiger partial charge in [0.25, 0.3) is 0 Å². The van der Waals surface area contributed by atoms with Gasteiger partial charge < -0.3 is 10.1 Å². The van der Waals surface area contributed by atoms with E-state index in [1.807, 2.05) is 18.2 Å². The molecule has 0 saturated carbocycles. The van der Waals surface area contributed by atoms with Crippen molar-refractivity contribution in [3.63, 3.8) is 0 Å². The molecule has 2 nitrogen and oxygen atoms in total. The molecule has 0 amide bonds. The molecule has 0 atom stereocenters. The minimum atomic E-state index is 0. The zero-order valence-corrected chi connectivity index (χ0v) is 8.62. The van der Waals surface area contributed by atoms with Gasteiger partial charge in [-0.15, -0.1) is 12.4 Å². The van der Waals surface area contributed by atoms with E-state index in [0.29, 0.717) is 11.6 Å². The Morgan fingerprint density at radius 1 is 1.38 bits per heavy atom. The number of halogens is 2. The van der Waals surface area contributed by atoms with Crippen LogP contribution in [-0.2, 0) is 6.54 Å². The molecule has 72 valence electrons. The van der Waals surface area contributed by atoms with Gasteiger partial charge in [0, 0.05) is 18.7 Å². The number of hydrogen-bond acceptors (Lipinski definition) is 2. The van der Waals surface area contributed by atoms with E-state index in [9.17, 15) is 0 Å². The molecule has 0 aromatic heterocycles. The van der Waals surface area contributed by atoms with Crippen LogP contribution in [0.1, 0.15) is 5.56 Å². The van der Waals surface area contributed by atoms with Crippen LogP contribution in [-0.4, -0.2) is 13.2 Å². The Balaban J connectivity index is 0.000000845. The van der Waals surface area contributed by atoms with Crippen molar-refractivity contribution >= 4 is 24.0 Å². The van der Waals surface area contributed by atoms with E-state index in [0.717, 1.165) is 24.4 Å². The first kappa shape index (κ1) is 10.6. The number of fused-ring (bicyclic) bond motifs is 1. The first-order valence-corrected chi connectivity index (χ1v) is 4.36. The van der Waals surface area contributed by atoms with Crippen LogP contribution in [0.5, 0.6) is 5.75 Å². The molecule has 0 fully saturated rings. The van der Waals surface area contributed by atoms with Crippen LogP contribution in [0.2, 0.25) is 5.02 Å². The van der Waals surface area contributed by atoms with Gasteiger partial charge >= 0.3 is 0 Å². The van der Waals surface area contributed by atoms with Crippen LogP contribution in [0.25, 0.3) is 0 Å². The summed E-state index contributed by atoms with van der Waals surface area (Å²) >= 11 is 5.96. The maximum absolute atomic E-state index is 5.96. The van der Waals surface area contributed by atoms with E-state index in [4.69, 9.17) is 16.3 Å². The molecule has 0 spiro atoms. The second-order valence-corrected chi connectivity index (χ2v) is 3.16. The van der Waals surface area contributed by atoms with Gasteiger partial charge in [-0.05, 0) is 6.07 Å². The van der Waals surface area contributed by atoms with Crippen molar-refractivity contribution < 1.29 is 4.74 Å². The van der Waals surface area contributed by atoms with Crippen LogP contribution in [0, 0.1) is 0 Å². The van der Waals surface area contributed by atoms with Crippen LogP contribution in [0.3, 0.4) is 0 Å². The molecular formula is C9H11Cl2NO. The maximum Gasteiger partial charge on any atom is 0.142 e. The summed E-state index contributed by atoms with van der Waals surface area (Å²) in [7, 11) is 0. The molecular weight excluding hydrogens is 209 g/mol. The summed E-state index contributed by atoms with van der Waals surface area (Å²) in [6.45, 7) is 2.41. The fourth-order valence-electron chi connectivity index (χ4n) is 1.30. The van der Waals surface area contributed by atoms with Crippen molar-refractivity contribution in [3.05, 3.63) is 28.8 Å². The summed E-state index contributed by atoms with van der Waals surface area (Å²) in [4.78, 5) is 0. The van der Waals surface area contributed by atoms with Gasteiger partial charge in [-0.3, -0.25) is 0 Å². The number of benzene rings is 1. The monoisotopic (exact) mass is 219 g/mol. The Bertz CT molecular complexity index is 291. The van der Waals surface area contributed by atoms with Crippen molar-refractivity contribution in [1.29, 1.82) is 0 Å². The van der Waals surface area contributed by atoms with Crippen LogP contribution >= 0.6 is 24.0 Å². The number of hydrogen-bond donors (Lipinski definition) is 1. The Labute approximate surface area is 88.6 Å². The molecule has 2 rings (SSSR count). The van der Waals surface area contributed by atoms with Gasteiger partial charge in [0.05, 0.1) is 5.02 Å². The molecule has 0 saturated heterocycles. The summed E-state index contributed by atoms with van der Waals surface area (Å²) in [6.07, 6.45) is 0. The lowest BCUT2D eigenvalue weighted by Gasteiger charge is -2.07. The highest BCUT2D eigenvalue weighted by atomic mass is 35.5. The van der Waals surface area contributed by atoms with Crippen molar-refractivity contribution in [2.45, 2.75) is 6.54 Å². The van der Waals surface area contributed by atoms with Gasteiger partial charge in [-0.2, -0.15) is 0 Å². The third-order valence-corrected chi connectivity index (χ3v) is 2.19. The zero-order valence-electron chi connectivity index (χ0n) is 7.05. The first-order valence-electron chi connectivity index (χ1n) is 3.99. The third-order valence-electron chi connectivity index (χ3n) is 1.89. The molecule has 0 unspecified atom stereocenters. The van der Waals surface area contributed by atoms with E-state index in [1.165, 1.54) is 0 Å². The normalized spacial score (nSPS) is 14.8. The third kappa shape index (κ3) is 2.27. The summed E-state index contributed by atoms with van der Waals surface area (Å²) in [6, 6.07) is 5.82. The predicted molar refractivity (Wildman–Crippen MR) is 55.9 cm³/mol. The molecule has 1 N–H and O–H groups in total. The second-order valence-electron chi connectivity index (χ2n) is 2.75. The van der Waals surface area contributed by atoms with Crippen molar-refractivity contribution in [1.82, 2.24) is 5.32 Å². The molecule has 1 aromatic carbocycles. The molecule has 1 heterocycles. The van der Waals surface area contributed by atoms with Crippen molar-refractivity contribution in [2.75, 3.05) is 13.2 Å². The molecule has 4 heteroatoms. The number of ether oxygens (including phenoxy) is 1. The predicted octanol–water partition coefficient (Wildman–Crippen LogP) is 2.24. The van der Waals surface area contributed by atoms with E-state index in [2.05, 4.69) is 5.32 Å². The SMILES string of the molecule is Cl.Clc1cccc2c1OCCNC2. The van der Waals surface area contributed by atoms with Gasteiger partial charge in [0.15, 0.2) is 0 Å². The number of rotatable bonds is 0. The van der Waals surface area contributed by atoms with E-state index in [1.54, 1.807) is 0 Å². The van der Waals surface area contributed by atoms with Crippen molar-refractivity contribution in [3.8, 4) is 5.75 Å². The lowest BCUT2D eigenvalue weighted by molar-refractivity contribution is 0.326. The largest absolute Gasteiger partial charge is 0.490 e. The lowest BCUT2D eigenvalue weighted by Crippen LogP contribution is -2.16. The molecule has 0 radical (unpaired) electrons. The Kier molecular flexibility index (Phi) is 3.85. The van der Waals surface area contributed by atoms with Gasteiger partial charge in [-0.25, -0.2) is 0 Å². The zero-order chi connectivity index (χ0) is 8.39. The molecule has 0 aliphatic carbocycles. The molecule has 0 bridgehead atoms. The quantitative estimate of drug-likeness (QED) is 0.723. The molecule has 1 aliphatic heterocycles. The maximum atomic E-state index is 5.96. The Hall–Kier alpha value is -0.440. The fourth-order valence-corrected chi connectivity index (χ4v) is 1.55. The smallest absolute Gasteiger partial charge is 0.142 e. The average molecular weight is 220 g/mol. The van der Waals surface area contributed by atoms with Gasteiger partial charge in [-0.1, -0.05) is 23.7 Å². The molecule has 1 aromatic rings. The highest BCUT2D eigenvalue weighted by Crippen LogP contribution is 2.29. The fraction of sp³-hybridized carbons (Fsp3) is 0.333. The summed E-state index contributed by atoms with van der Waals surface area (Å²) in [5.74, 6) is 0.837. The average Bonchev–Trinajstić information content (AvgIpc) is 2.30. The molecule has 1 aliphatic rings. The highest BCUT2D eigenvalue weighted by Gasteiger charge is 2.10. The van der Waals surface area contributed by atoms with Gasteiger partial charge in [0.1, 0.15) is 12.4 Å². The van der Waals surface area contributed by atoms with E-state index >= 15 is 0 Å². The summed E-state index contributed by atoms with van der Waals surface area (Å²) in [5, 5.41) is 3.95. The number of nitrogens with one attached hydrogen (secondary N) is 1. The van der Waals surface area contributed by atoms with Crippen molar-refractivity contribution in [2.24, 2.45) is 0 Å². The second kappa shape index (κ2) is 4.70.